The maximum absolute atomic E-state index is 13.5. The van der Waals surface area contributed by atoms with Crippen molar-refractivity contribution in [3.05, 3.63) is 49.6 Å². The minimum Gasteiger partial charge on any atom is -0.375 e. The maximum atomic E-state index is 13.5. The van der Waals surface area contributed by atoms with Gasteiger partial charge in [-0.15, -0.1) is 11.3 Å². The lowest BCUT2D eigenvalue weighted by atomic mass is 10.3. The average Bonchev–Trinajstić information content (AvgIpc) is 2.62. The van der Waals surface area contributed by atoms with Gasteiger partial charge in [-0.05, 0) is 18.2 Å². The first-order valence-corrected chi connectivity index (χ1v) is 6.72. The summed E-state index contributed by atoms with van der Waals surface area (Å²) in [7, 11) is 0. The molecule has 0 aliphatic rings. The topological polar surface area (TPSA) is 12.0 Å². The zero-order valence-electron chi connectivity index (χ0n) is 8.44. The standard InChI is InChI=1S/C11H7BrClF2NS/c12-6-1-9(14)11(10(15)2-6)16-4-8-3-7(13)5-17-8/h1-3,5,16H,4H2. The van der Waals surface area contributed by atoms with Gasteiger partial charge in [-0.2, -0.15) is 0 Å². The second-order valence-corrected chi connectivity index (χ2v) is 5.68. The van der Waals surface area contributed by atoms with Gasteiger partial charge in [0.2, 0.25) is 0 Å². The number of hydrogen-bond donors (Lipinski definition) is 1. The molecule has 1 aromatic carbocycles. The van der Waals surface area contributed by atoms with Crippen molar-refractivity contribution < 1.29 is 8.78 Å². The molecule has 0 aliphatic heterocycles. The summed E-state index contributed by atoms with van der Waals surface area (Å²) in [6, 6.07) is 4.19. The van der Waals surface area contributed by atoms with E-state index in [0.29, 0.717) is 16.0 Å². The fourth-order valence-corrected chi connectivity index (χ4v) is 2.75. The Bertz CT molecular complexity index is 521. The van der Waals surface area contributed by atoms with E-state index >= 15 is 0 Å². The van der Waals surface area contributed by atoms with Crippen molar-refractivity contribution in [2.45, 2.75) is 6.54 Å². The van der Waals surface area contributed by atoms with Gasteiger partial charge in [0.1, 0.15) is 17.3 Å². The Kier molecular flexibility index (Phi) is 4.01. The SMILES string of the molecule is Fc1cc(Br)cc(F)c1NCc1cc(Cl)cs1. The molecule has 0 amide bonds. The molecule has 0 fully saturated rings. The Morgan fingerprint density at radius 1 is 1.24 bits per heavy atom. The zero-order valence-corrected chi connectivity index (χ0v) is 11.6. The van der Waals surface area contributed by atoms with E-state index in [2.05, 4.69) is 21.2 Å². The highest BCUT2D eigenvalue weighted by Gasteiger charge is 2.10. The Balaban J connectivity index is 2.14. The van der Waals surface area contributed by atoms with Gasteiger partial charge in [0.25, 0.3) is 0 Å². The lowest BCUT2D eigenvalue weighted by Gasteiger charge is -2.07. The van der Waals surface area contributed by atoms with Crippen LogP contribution in [0.1, 0.15) is 4.88 Å². The van der Waals surface area contributed by atoms with Crippen LogP contribution in [0.2, 0.25) is 5.02 Å². The third-order valence-corrected chi connectivity index (χ3v) is 3.81. The van der Waals surface area contributed by atoms with Gasteiger partial charge in [-0.3, -0.25) is 0 Å². The summed E-state index contributed by atoms with van der Waals surface area (Å²) in [5.74, 6) is -1.25. The second-order valence-electron chi connectivity index (χ2n) is 3.33. The molecule has 1 N–H and O–H groups in total. The number of rotatable bonds is 3. The molecule has 0 bridgehead atoms. The first-order valence-electron chi connectivity index (χ1n) is 4.67. The third-order valence-electron chi connectivity index (χ3n) is 2.07. The molecular weight excluding hydrogens is 332 g/mol. The van der Waals surface area contributed by atoms with E-state index in [1.807, 2.05) is 0 Å². The normalized spacial score (nSPS) is 10.6. The molecule has 0 aliphatic carbocycles. The maximum Gasteiger partial charge on any atom is 0.150 e. The van der Waals surface area contributed by atoms with E-state index in [4.69, 9.17) is 11.6 Å². The number of benzene rings is 1. The van der Waals surface area contributed by atoms with Crippen LogP contribution < -0.4 is 5.32 Å². The van der Waals surface area contributed by atoms with Crippen molar-refractivity contribution in [1.29, 1.82) is 0 Å². The first-order chi connectivity index (χ1) is 8.06. The molecule has 0 atom stereocenters. The highest BCUT2D eigenvalue weighted by molar-refractivity contribution is 9.10. The molecule has 2 rings (SSSR count). The van der Waals surface area contributed by atoms with Crippen molar-refractivity contribution >= 4 is 44.6 Å². The van der Waals surface area contributed by atoms with Crippen LogP contribution in [0.15, 0.2) is 28.1 Å². The number of nitrogens with one attached hydrogen (secondary N) is 1. The molecule has 1 nitrogen and oxygen atoms in total. The number of hydrogen-bond acceptors (Lipinski definition) is 2. The van der Waals surface area contributed by atoms with Crippen molar-refractivity contribution in [2.24, 2.45) is 0 Å². The molecular formula is C11H7BrClF2NS. The largest absolute Gasteiger partial charge is 0.375 e. The van der Waals surface area contributed by atoms with Gasteiger partial charge in [0.05, 0.1) is 5.02 Å². The van der Waals surface area contributed by atoms with Crippen molar-refractivity contribution in [1.82, 2.24) is 0 Å². The molecule has 0 spiro atoms. The zero-order chi connectivity index (χ0) is 12.4. The minimum atomic E-state index is -0.625. The van der Waals surface area contributed by atoms with E-state index < -0.39 is 11.6 Å². The smallest absolute Gasteiger partial charge is 0.150 e. The first kappa shape index (κ1) is 12.8. The molecule has 0 saturated heterocycles. The van der Waals surface area contributed by atoms with Gasteiger partial charge in [0.15, 0.2) is 0 Å². The lowest BCUT2D eigenvalue weighted by Crippen LogP contribution is -2.02. The van der Waals surface area contributed by atoms with E-state index in [1.165, 1.54) is 23.5 Å². The average molecular weight is 339 g/mol. The number of anilines is 1. The van der Waals surface area contributed by atoms with E-state index in [1.54, 1.807) is 11.4 Å². The van der Waals surface area contributed by atoms with Crippen LogP contribution in [0.25, 0.3) is 0 Å². The van der Waals surface area contributed by atoms with Gasteiger partial charge in [-0.1, -0.05) is 27.5 Å². The highest BCUT2D eigenvalue weighted by Crippen LogP contribution is 2.25. The molecule has 0 radical (unpaired) electrons. The summed E-state index contributed by atoms with van der Waals surface area (Å²) in [4.78, 5) is 0.914. The Hall–Kier alpha value is -0.650. The van der Waals surface area contributed by atoms with Gasteiger partial charge in [0, 0.05) is 21.3 Å². The van der Waals surface area contributed by atoms with Crippen LogP contribution in [0.4, 0.5) is 14.5 Å². The van der Waals surface area contributed by atoms with Crippen LogP contribution in [-0.2, 0) is 6.54 Å². The summed E-state index contributed by atoms with van der Waals surface area (Å²) in [6.07, 6.45) is 0. The van der Waals surface area contributed by atoms with Crippen molar-refractivity contribution in [3.8, 4) is 0 Å². The summed E-state index contributed by atoms with van der Waals surface area (Å²) < 4.78 is 27.3. The Morgan fingerprint density at radius 2 is 1.88 bits per heavy atom. The third kappa shape index (κ3) is 3.18. The molecule has 2 aromatic rings. The predicted octanol–water partition coefficient (Wildman–Crippen LogP) is 5.05. The predicted molar refractivity (Wildman–Crippen MR) is 70.7 cm³/mol. The number of halogens is 4. The molecule has 0 saturated carbocycles. The molecule has 0 unspecified atom stereocenters. The molecule has 1 aromatic heterocycles. The Labute approximate surface area is 115 Å². The second kappa shape index (κ2) is 5.33. The van der Waals surface area contributed by atoms with Crippen molar-refractivity contribution in [2.75, 3.05) is 5.32 Å². The summed E-state index contributed by atoms with van der Waals surface area (Å²) in [6.45, 7) is 0.340. The lowest BCUT2D eigenvalue weighted by molar-refractivity contribution is 0.586. The van der Waals surface area contributed by atoms with Crippen LogP contribution >= 0.6 is 38.9 Å². The van der Waals surface area contributed by atoms with Crippen LogP contribution in [-0.4, -0.2) is 0 Å². The van der Waals surface area contributed by atoms with Crippen LogP contribution in [0, 0.1) is 11.6 Å². The Morgan fingerprint density at radius 3 is 2.41 bits per heavy atom. The van der Waals surface area contributed by atoms with Gasteiger partial charge < -0.3 is 5.32 Å². The number of thiophene rings is 1. The molecule has 6 heteroatoms. The molecule has 90 valence electrons. The van der Waals surface area contributed by atoms with Crippen molar-refractivity contribution in [3.63, 3.8) is 0 Å². The quantitative estimate of drug-likeness (QED) is 0.825. The summed E-state index contributed by atoms with van der Waals surface area (Å²) in [5.41, 5.74) is -0.127. The van der Waals surface area contributed by atoms with Crippen LogP contribution in [0.5, 0.6) is 0 Å². The minimum absolute atomic E-state index is 0.127. The molecule has 17 heavy (non-hydrogen) atoms. The van der Waals surface area contributed by atoms with E-state index in [-0.39, 0.29) is 5.69 Å². The van der Waals surface area contributed by atoms with Crippen LogP contribution in [0.3, 0.4) is 0 Å². The molecule has 1 heterocycles. The fraction of sp³-hybridized carbons (Fsp3) is 0.0909. The van der Waals surface area contributed by atoms with E-state index in [0.717, 1.165) is 4.88 Å². The summed E-state index contributed by atoms with van der Waals surface area (Å²) in [5, 5.41) is 5.12. The highest BCUT2D eigenvalue weighted by atomic mass is 79.9. The summed E-state index contributed by atoms with van der Waals surface area (Å²) >= 11 is 10.2. The fourth-order valence-electron chi connectivity index (χ4n) is 1.33. The van der Waals surface area contributed by atoms with E-state index in [9.17, 15) is 8.78 Å². The monoisotopic (exact) mass is 337 g/mol. The van der Waals surface area contributed by atoms with Gasteiger partial charge in [-0.25, -0.2) is 8.78 Å². The van der Waals surface area contributed by atoms with Gasteiger partial charge >= 0.3 is 0 Å².